The molecule has 1 heterocycles. The quantitative estimate of drug-likeness (QED) is 0.791. The molecule has 1 amide bonds. The lowest BCUT2D eigenvalue weighted by molar-refractivity contribution is 0.0938. The summed E-state index contributed by atoms with van der Waals surface area (Å²) >= 11 is 0. The Balaban J connectivity index is 1.95. The molecule has 1 unspecified atom stereocenters. The molecule has 5 heteroatoms. The molecule has 1 atom stereocenters. The smallest absolute Gasteiger partial charge is 0.255 e. The highest BCUT2D eigenvalue weighted by molar-refractivity contribution is 5.95. The lowest BCUT2D eigenvalue weighted by atomic mass is 9.99. The molecule has 120 valence electrons. The van der Waals surface area contributed by atoms with Crippen LogP contribution in [-0.2, 0) is 0 Å². The maximum atomic E-state index is 13.8. The molecule has 3 nitrogen and oxygen atoms in total. The number of benzene rings is 2. The van der Waals surface area contributed by atoms with E-state index in [1.54, 1.807) is 24.5 Å². The average molecular weight is 324 g/mol. The summed E-state index contributed by atoms with van der Waals surface area (Å²) in [5, 5.41) is 2.76. The van der Waals surface area contributed by atoms with Gasteiger partial charge in [-0.15, -0.1) is 0 Å². The van der Waals surface area contributed by atoms with Crippen LogP contribution < -0.4 is 5.32 Å². The minimum atomic E-state index is -0.768. The largest absolute Gasteiger partial charge is 0.341 e. The van der Waals surface area contributed by atoms with Crippen LogP contribution in [0.25, 0.3) is 0 Å². The fourth-order valence-electron chi connectivity index (χ4n) is 2.44. The van der Waals surface area contributed by atoms with Crippen LogP contribution in [0.2, 0.25) is 0 Å². The van der Waals surface area contributed by atoms with E-state index in [0.717, 1.165) is 29.3 Å². The maximum absolute atomic E-state index is 13.8. The lowest BCUT2D eigenvalue weighted by Crippen LogP contribution is -2.30. The molecule has 0 radical (unpaired) electrons. The van der Waals surface area contributed by atoms with Gasteiger partial charge in [-0.25, -0.2) is 8.78 Å². The van der Waals surface area contributed by atoms with Crippen molar-refractivity contribution in [1.29, 1.82) is 0 Å². The van der Waals surface area contributed by atoms with Gasteiger partial charge in [-0.2, -0.15) is 0 Å². The zero-order chi connectivity index (χ0) is 16.9. The van der Waals surface area contributed by atoms with Gasteiger partial charge in [0.05, 0.1) is 11.6 Å². The lowest BCUT2D eigenvalue weighted by Gasteiger charge is -2.20. The van der Waals surface area contributed by atoms with E-state index >= 15 is 0 Å². The van der Waals surface area contributed by atoms with Gasteiger partial charge in [0.25, 0.3) is 5.91 Å². The van der Waals surface area contributed by atoms with E-state index in [4.69, 9.17) is 0 Å². The van der Waals surface area contributed by atoms with Gasteiger partial charge in [0.2, 0.25) is 0 Å². The van der Waals surface area contributed by atoms with Gasteiger partial charge in [0.15, 0.2) is 0 Å². The Labute approximate surface area is 138 Å². The molecule has 0 aliphatic carbocycles. The zero-order valence-electron chi connectivity index (χ0n) is 12.6. The highest BCUT2D eigenvalue weighted by Gasteiger charge is 2.20. The molecule has 0 saturated carbocycles. The van der Waals surface area contributed by atoms with Crippen molar-refractivity contribution in [2.45, 2.75) is 6.04 Å². The van der Waals surface area contributed by atoms with Crippen molar-refractivity contribution in [2.75, 3.05) is 0 Å². The van der Waals surface area contributed by atoms with Crippen LogP contribution in [0.1, 0.15) is 27.5 Å². The molecule has 0 bridgehead atoms. The van der Waals surface area contributed by atoms with E-state index in [-0.39, 0.29) is 5.56 Å². The number of hydrogen-bond donors (Lipinski definition) is 1. The summed E-state index contributed by atoms with van der Waals surface area (Å²) in [6, 6.07) is 15.1. The summed E-state index contributed by atoms with van der Waals surface area (Å²) in [7, 11) is 0. The second-order valence-electron chi connectivity index (χ2n) is 5.22. The molecule has 0 spiro atoms. The Morgan fingerprint density at radius 2 is 1.58 bits per heavy atom. The highest BCUT2D eigenvalue weighted by atomic mass is 19.1. The number of pyridine rings is 1. The number of nitrogens with one attached hydrogen (secondary N) is 1. The van der Waals surface area contributed by atoms with Crippen LogP contribution in [0.4, 0.5) is 8.78 Å². The Morgan fingerprint density at radius 1 is 0.917 bits per heavy atom. The molecule has 0 saturated heterocycles. The Morgan fingerprint density at radius 3 is 2.29 bits per heavy atom. The second kappa shape index (κ2) is 7.00. The van der Waals surface area contributed by atoms with Gasteiger partial charge in [-0.1, -0.05) is 30.3 Å². The Kier molecular flexibility index (Phi) is 4.61. The molecule has 1 N–H and O–H groups in total. The summed E-state index contributed by atoms with van der Waals surface area (Å²) in [6.45, 7) is 0. The standard InChI is InChI=1S/C19H14F2N2O/c20-15-6-7-17(21)16(12-15)19(24)23-18(13-4-2-1-3-5-13)14-8-10-22-11-9-14/h1-12,18H,(H,23,24). The van der Waals surface area contributed by atoms with Crippen molar-refractivity contribution in [1.82, 2.24) is 10.3 Å². The second-order valence-corrected chi connectivity index (χ2v) is 5.22. The van der Waals surface area contributed by atoms with E-state index in [0.29, 0.717) is 0 Å². The number of hydrogen-bond acceptors (Lipinski definition) is 2. The zero-order valence-corrected chi connectivity index (χ0v) is 12.6. The van der Waals surface area contributed by atoms with E-state index in [9.17, 15) is 13.6 Å². The predicted octanol–water partition coefficient (Wildman–Crippen LogP) is 3.88. The number of halogens is 2. The van der Waals surface area contributed by atoms with E-state index in [1.807, 2.05) is 30.3 Å². The third kappa shape index (κ3) is 3.46. The van der Waals surface area contributed by atoms with Gasteiger partial charge >= 0.3 is 0 Å². The van der Waals surface area contributed by atoms with E-state index < -0.39 is 23.6 Å². The normalized spacial score (nSPS) is 11.8. The SMILES string of the molecule is O=C(NC(c1ccccc1)c1ccncc1)c1cc(F)ccc1F. The molecule has 24 heavy (non-hydrogen) atoms. The third-order valence-corrected chi connectivity index (χ3v) is 3.62. The maximum Gasteiger partial charge on any atom is 0.255 e. The molecule has 1 aromatic heterocycles. The van der Waals surface area contributed by atoms with Crippen LogP contribution >= 0.6 is 0 Å². The van der Waals surface area contributed by atoms with Crippen molar-refractivity contribution in [2.24, 2.45) is 0 Å². The van der Waals surface area contributed by atoms with Gasteiger partial charge in [-0.3, -0.25) is 9.78 Å². The molecular formula is C19H14F2N2O. The summed E-state index contributed by atoms with van der Waals surface area (Å²) in [5.74, 6) is -2.12. The topological polar surface area (TPSA) is 42.0 Å². The average Bonchev–Trinajstić information content (AvgIpc) is 2.63. The minimum Gasteiger partial charge on any atom is -0.341 e. The highest BCUT2D eigenvalue weighted by Crippen LogP contribution is 2.22. The number of carbonyl (C=O) groups excluding carboxylic acids is 1. The van der Waals surface area contributed by atoms with E-state index in [1.165, 1.54) is 0 Å². The van der Waals surface area contributed by atoms with Gasteiger partial charge in [-0.05, 0) is 41.5 Å². The van der Waals surface area contributed by atoms with Gasteiger partial charge in [0.1, 0.15) is 11.6 Å². The number of carbonyl (C=O) groups is 1. The van der Waals surface area contributed by atoms with Crippen LogP contribution in [0.3, 0.4) is 0 Å². The number of aromatic nitrogens is 1. The summed E-state index contributed by atoms with van der Waals surface area (Å²) in [4.78, 5) is 16.4. The van der Waals surface area contributed by atoms with Crippen LogP contribution in [-0.4, -0.2) is 10.9 Å². The fourth-order valence-corrected chi connectivity index (χ4v) is 2.44. The van der Waals surface area contributed by atoms with Crippen LogP contribution in [0.5, 0.6) is 0 Å². The Bertz CT molecular complexity index is 799. The first-order valence-corrected chi connectivity index (χ1v) is 7.36. The van der Waals surface area contributed by atoms with Gasteiger partial charge < -0.3 is 5.32 Å². The van der Waals surface area contributed by atoms with Crippen molar-refractivity contribution >= 4 is 5.91 Å². The molecular weight excluding hydrogens is 310 g/mol. The molecule has 0 aliphatic rings. The summed E-state index contributed by atoms with van der Waals surface area (Å²) < 4.78 is 27.2. The van der Waals surface area contributed by atoms with Crippen molar-refractivity contribution in [3.63, 3.8) is 0 Å². The minimum absolute atomic E-state index is 0.329. The number of nitrogens with zero attached hydrogens (tertiary/aromatic N) is 1. The number of amides is 1. The van der Waals surface area contributed by atoms with E-state index in [2.05, 4.69) is 10.3 Å². The molecule has 3 aromatic rings. The summed E-state index contributed by atoms with van der Waals surface area (Å²) in [5.41, 5.74) is 1.29. The monoisotopic (exact) mass is 324 g/mol. The Hall–Kier alpha value is -3.08. The first-order valence-electron chi connectivity index (χ1n) is 7.36. The van der Waals surface area contributed by atoms with Crippen molar-refractivity contribution in [3.05, 3.63) is 101 Å². The van der Waals surface area contributed by atoms with Crippen molar-refractivity contribution < 1.29 is 13.6 Å². The van der Waals surface area contributed by atoms with Crippen molar-refractivity contribution in [3.8, 4) is 0 Å². The fraction of sp³-hybridized carbons (Fsp3) is 0.0526. The van der Waals surface area contributed by atoms with Crippen LogP contribution in [0.15, 0.2) is 73.1 Å². The van der Waals surface area contributed by atoms with Crippen LogP contribution in [0, 0.1) is 11.6 Å². The first-order chi connectivity index (χ1) is 11.6. The summed E-state index contributed by atoms with van der Waals surface area (Å²) in [6.07, 6.45) is 3.22. The molecule has 0 fully saturated rings. The third-order valence-electron chi connectivity index (χ3n) is 3.62. The predicted molar refractivity (Wildman–Crippen MR) is 86.3 cm³/mol. The van der Waals surface area contributed by atoms with Gasteiger partial charge in [0, 0.05) is 12.4 Å². The number of rotatable bonds is 4. The first kappa shape index (κ1) is 15.8. The molecule has 2 aromatic carbocycles. The molecule has 3 rings (SSSR count). The molecule has 0 aliphatic heterocycles.